The number of aromatic nitrogens is 1. The Balaban J connectivity index is 1.97. The molecule has 0 spiro atoms. The van der Waals surface area contributed by atoms with Crippen molar-refractivity contribution >= 4 is 28.8 Å². The fourth-order valence-electron chi connectivity index (χ4n) is 3.06. The molecule has 0 saturated carbocycles. The number of aryl methyl sites for hydroxylation is 1. The summed E-state index contributed by atoms with van der Waals surface area (Å²) in [6.07, 6.45) is 0.969. The van der Waals surface area contributed by atoms with E-state index in [0.29, 0.717) is 22.1 Å². The molecule has 0 aliphatic carbocycles. The predicted molar refractivity (Wildman–Crippen MR) is 122 cm³/mol. The highest BCUT2D eigenvalue weighted by molar-refractivity contribution is 6.33. The molecule has 0 fully saturated rings. The van der Waals surface area contributed by atoms with E-state index in [-0.39, 0.29) is 5.82 Å². The maximum atomic E-state index is 13.9. The maximum Gasteiger partial charge on any atom is 0.134 e. The van der Waals surface area contributed by atoms with Crippen LogP contribution >= 0.6 is 11.6 Å². The fraction of sp³-hybridized carbons (Fsp3) is 0.208. The van der Waals surface area contributed by atoms with Crippen LogP contribution in [0.3, 0.4) is 0 Å². The zero-order chi connectivity index (χ0) is 21.0. The molecule has 0 aliphatic heterocycles. The maximum absolute atomic E-state index is 13.9. The van der Waals surface area contributed by atoms with E-state index in [0.717, 1.165) is 41.0 Å². The van der Waals surface area contributed by atoms with Crippen molar-refractivity contribution in [3.8, 4) is 11.3 Å². The zero-order valence-corrected chi connectivity index (χ0v) is 17.7. The second kappa shape index (κ2) is 9.10. The van der Waals surface area contributed by atoms with Gasteiger partial charge in [0.1, 0.15) is 11.6 Å². The number of hydrogen-bond acceptors (Lipinski definition) is 3. The Bertz CT molecular complexity index is 1050. The molecular formula is C24H25ClFN3. The molecule has 1 aromatic heterocycles. The minimum atomic E-state index is -0.310. The van der Waals surface area contributed by atoms with Gasteiger partial charge in [0.05, 0.1) is 5.69 Å². The smallest absolute Gasteiger partial charge is 0.134 e. The van der Waals surface area contributed by atoms with Gasteiger partial charge in [-0.1, -0.05) is 43.3 Å². The van der Waals surface area contributed by atoms with Crippen LogP contribution in [0, 0.1) is 19.7 Å². The standard InChI is InChI=1S/C24H25ClFN3/c1-5-12-27-22-11-10-18(26)14-20(22)17(4)28-24-16(3)15(2)13-23(29-24)19-8-6-7-9-21(19)25/h6-11,13-14,27H,4-5,12H2,1-3H3,(H,28,29). The van der Waals surface area contributed by atoms with Gasteiger partial charge in [0.2, 0.25) is 0 Å². The van der Waals surface area contributed by atoms with Gasteiger partial charge >= 0.3 is 0 Å². The number of benzene rings is 2. The second-order valence-electron chi connectivity index (χ2n) is 7.00. The van der Waals surface area contributed by atoms with Crippen molar-refractivity contribution in [3.05, 3.63) is 82.6 Å². The lowest BCUT2D eigenvalue weighted by Crippen LogP contribution is -2.08. The number of pyridine rings is 1. The molecule has 0 aliphatic rings. The highest BCUT2D eigenvalue weighted by Crippen LogP contribution is 2.32. The third-order valence-corrected chi connectivity index (χ3v) is 5.15. The summed E-state index contributed by atoms with van der Waals surface area (Å²) in [7, 11) is 0. The molecule has 3 nitrogen and oxygen atoms in total. The minimum absolute atomic E-state index is 0.310. The molecule has 1 heterocycles. The summed E-state index contributed by atoms with van der Waals surface area (Å²) in [6.45, 7) is 11.0. The van der Waals surface area contributed by atoms with Crippen molar-refractivity contribution in [2.45, 2.75) is 27.2 Å². The molecule has 0 bridgehead atoms. The average Bonchev–Trinajstić information content (AvgIpc) is 2.70. The Morgan fingerprint density at radius 3 is 2.62 bits per heavy atom. The number of rotatable bonds is 7. The third-order valence-electron chi connectivity index (χ3n) is 4.82. The van der Waals surface area contributed by atoms with E-state index in [1.54, 1.807) is 6.07 Å². The largest absolute Gasteiger partial charge is 0.385 e. The normalized spacial score (nSPS) is 10.7. The zero-order valence-electron chi connectivity index (χ0n) is 16.9. The molecule has 3 rings (SSSR count). The summed E-state index contributed by atoms with van der Waals surface area (Å²) < 4.78 is 13.9. The van der Waals surface area contributed by atoms with Gasteiger partial charge in [-0.2, -0.15) is 0 Å². The van der Waals surface area contributed by atoms with Gasteiger partial charge in [-0.15, -0.1) is 0 Å². The quantitative estimate of drug-likeness (QED) is 0.438. The topological polar surface area (TPSA) is 37.0 Å². The highest BCUT2D eigenvalue weighted by Gasteiger charge is 2.13. The molecule has 29 heavy (non-hydrogen) atoms. The molecule has 0 radical (unpaired) electrons. The number of nitrogens with one attached hydrogen (secondary N) is 2. The average molecular weight is 410 g/mol. The van der Waals surface area contributed by atoms with Gasteiger partial charge in [-0.05, 0) is 61.7 Å². The van der Waals surface area contributed by atoms with Crippen LogP contribution in [0.15, 0.2) is 55.1 Å². The van der Waals surface area contributed by atoms with Crippen LogP contribution in [0.2, 0.25) is 5.02 Å². The van der Waals surface area contributed by atoms with Crippen LogP contribution in [0.5, 0.6) is 0 Å². The summed E-state index contributed by atoms with van der Waals surface area (Å²) in [4.78, 5) is 4.77. The SMILES string of the molecule is C=C(Nc1nc(-c2ccccc2Cl)cc(C)c1C)c1cc(F)ccc1NCCC. The number of halogens is 2. The molecule has 2 N–H and O–H groups in total. The molecular weight excluding hydrogens is 385 g/mol. The Hall–Kier alpha value is -2.85. The monoisotopic (exact) mass is 409 g/mol. The Morgan fingerprint density at radius 1 is 1.14 bits per heavy atom. The molecule has 0 amide bonds. The first kappa shape index (κ1) is 20.9. The summed E-state index contributed by atoms with van der Waals surface area (Å²) in [5, 5.41) is 7.25. The van der Waals surface area contributed by atoms with Crippen LogP contribution in [-0.2, 0) is 0 Å². The predicted octanol–water partition coefficient (Wildman–Crippen LogP) is 7.06. The molecule has 0 atom stereocenters. The van der Waals surface area contributed by atoms with E-state index in [1.807, 2.05) is 44.2 Å². The Labute approximate surface area is 176 Å². The molecule has 0 unspecified atom stereocenters. The first-order valence-electron chi connectivity index (χ1n) is 9.63. The van der Waals surface area contributed by atoms with Crippen LogP contribution in [0.1, 0.15) is 30.0 Å². The van der Waals surface area contributed by atoms with Gasteiger partial charge in [-0.25, -0.2) is 9.37 Å². The van der Waals surface area contributed by atoms with Crippen molar-refractivity contribution in [1.82, 2.24) is 4.98 Å². The number of hydrogen-bond donors (Lipinski definition) is 2. The summed E-state index contributed by atoms with van der Waals surface area (Å²) in [6, 6.07) is 14.3. The van der Waals surface area contributed by atoms with Gasteiger partial charge in [0, 0.05) is 34.1 Å². The summed E-state index contributed by atoms with van der Waals surface area (Å²) >= 11 is 6.36. The lowest BCUT2D eigenvalue weighted by molar-refractivity contribution is 0.627. The second-order valence-corrected chi connectivity index (χ2v) is 7.41. The van der Waals surface area contributed by atoms with E-state index < -0.39 is 0 Å². The Kier molecular flexibility index (Phi) is 6.55. The molecule has 0 saturated heterocycles. The van der Waals surface area contributed by atoms with E-state index >= 15 is 0 Å². The van der Waals surface area contributed by atoms with Crippen LogP contribution < -0.4 is 10.6 Å². The van der Waals surface area contributed by atoms with Crippen molar-refractivity contribution < 1.29 is 4.39 Å². The van der Waals surface area contributed by atoms with Crippen molar-refractivity contribution in [1.29, 1.82) is 0 Å². The minimum Gasteiger partial charge on any atom is -0.385 e. The van der Waals surface area contributed by atoms with Gasteiger partial charge in [0.15, 0.2) is 0 Å². The Morgan fingerprint density at radius 2 is 1.90 bits per heavy atom. The lowest BCUT2D eigenvalue weighted by Gasteiger charge is -2.18. The highest BCUT2D eigenvalue weighted by atomic mass is 35.5. The fourth-order valence-corrected chi connectivity index (χ4v) is 3.29. The van der Waals surface area contributed by atoms with Gasteiger partial charge in [0.25, 0.3) is 0 Å². The lowest BCUT2D eigenvalue weighted by atomic mass is 10.1. The van der Waals surface area contributed by atoms with Crippen molar-refractivity contribution in [3.63, 3.8) is 0 Å². The van der Waals surface area contributed by atoms with Crippen molar-refractivity contribution in [2.24, 2.45) is 0 Å². The first-order valence-corrected chi connectivity index (χ1v) is 10.0. The van der Waals surface area contributed by atoms with Crippen molar-refractivity contribution in [2.75, 3.05) is 17.2 Å². The van der Waals surface area contributed by atoms with E-state index in [2.05, 4.69) is 24.1 Å². The van der Waals surface area contributed by atoms with E-state index in [1.165, 1.54) is 12.1 Å². The summed E-state index contributed by atoms with van der Waals surface area (Å²) in [5.74, 6) is 0.367. The molecule has 3 aromatic rings. The van der Waals surface area contributed by atoms with E-state index in [4.69, 9.17) is 16.6 Å². The van der Waals surface area contributed by atoms with Crippen LogP contribution in [-0.4, -0.2) is 11.5 Å². The summed E-state index contributed by atoms with van der Waals surface area (Å²) in [5.41, 5.74) is 5.81. The van der Waals surface area contributed by atoms with E-state index in [9.17, 15) is 4.39 Å². The number of nitrogens with zero attached hydrogens (tertiary/aromatic N) is 1. The molecule has 150 valence electrons. The first-order chi connectivity index (χ1) is 13.9. The van der Waals surface area contributed by atoms with Crippen LogP contribution in [0.4, 0.5) is 15.9 Å². The molecule has 2 aromatic carbocycles. The third kappa shape index (κ3) is 4.77. The molecule has 5 heteroatoms. The van der Waals surface area contributed by atoms with Gasteiger partial charge < -0.3 is 10.6 Å². The van der Waals surface area contributed by atoms with Crippen LogP contribution in [0.25, 0.3) is 17.0 Å². The van der Waals surface area contributed by atoms with Gasteiger partial charge in [-0.3, -0.25) is 0 Å². The number of anilines is 2.